The molecule has 6 nitrogen and oxygen atoms in total. The second-order valence-electron chi connectivity index (χ2n) is 5.51. The highest BCUT2D eigenvalue weighted by Gasteiger charge is 2.16. The Morgan fingerprint density at radius 1 is 1.25 bits per heavy atom. The van der Waals surface area contributed by atoms with Crippen molar-refractivity contribution in [2.24, 2.45) is 0 Å². The van der Waals surface area contributed by atoms with E-state index in [1.165, 1.54) is 4.90 Å². The van der Waals surface area contributed by atoms with Crippen LogP contribution in [0, 0.1) is 0 Å². The van der Waals surface area contributed by atoms with Crippen LogP contribution in [-0.4, -0.2) is 42.6 Å². The van der Waals surface area contributed by atoms with Crippen LogP contribution in [0.5, 0.6) is 5.75 Å². The number of ether oxygens (including phenoxy) is 2. The standard InChI is InChI=1S/C18H22N2O4/c1-4-23-17(21)15-9-7-11-20(13-15)12-14-8-5-6-10-16(14)24-18(22)19(2)3/h5-8,10-11,13H,4,9,12H2,1-3H3. The van der Waals surface area contributed by atoms with E-state index >= 15 is 0 Å². The number of esters is 1. The fraction of sp³-hybridized carbons (Fsp3) is 0.333. The summed E-state index contributed by atoms with van der Waals surface area (Å²) in [4.78, 5) is 26.9. The largest absolute Gasteiger partial charge is 0.463 e. The second kappa shape index (κ2) is 8.19. The topological polar surface area (TPSA) is 59.1 Å². The first-order valence-electron chi connectivity index (χ1n) is 7.78. The number of rotatable bonds is 5. The van der Waals surface area contributed by atoms with E-state index in [2.05, 4.69) is 0 Å². The van der Waals surface area contributed by atoms with Crippen LogP contribution in [0.4, 0.5) is 4.79 Å². The van der Waals surface area contributed by atoms with Gasteiger partial charge in [-0.1, -0.05) is 24.3 Å². The van der Waals surface area contributed by atoms with Crippen LogP contribution >= 0.6 is 0 Å². The molecule has 0 fully saturated rings. The van der Waals surface area contributed by atoms with Gasteiger partial charge in [0.1, 0.15) is 5.75 Å². The highest BCUT2D eigenvalue weighted by atomic mass is 16.6. The molecule has 1 aliphatic heterocycles. The maximum Gasteiger partial charge on any atom is 0.414 e. The van der Waals surface area contributed by atoms with E-state index in [9.17, 15) is 9.59 Å². The van der Waals surface area contributed by atoms with Crippen LogP contribution in [0.3, 0.4) is 0 Å². The Kier molecular flexibility index (Phi) is 6.01. The van der Waals surface area contributed by atoms with Crippen LogP contribution in [0.25, 0.3) is 0 Å². The molecule has 1 aromatic rings. The Labute approximate surface area is 141 Å². The van der Waals surface area contributed by atoms with E-state index in [0.717, 1.165) is 5.56 Å². The molecule has 0 aromatic heterocycles. The minimum atomic E-state index is -0.431. The monoisotopic (exact) mass is 330 g/mol. The average Bonchev–Trinajstić information content (AvgIpc) is 2.57. The molecule has 0 saturated carbocycles. The van der Waals surface area contributed by atoms with E-state index < -0.39 is 6.09 Å². The van der Waals surface area contributed by atoms with Gasteiger partial charge in [-0.15, -0.1) is 0 Å². The third-order valence-electron chi connectivity index (χ3n) is 3.38. The van der Waals surface area contributed by atoms with Crippen molar-refractivity contribution in [1.82, 2.24) is 9.80 Å². The first-order valence-corrected chi connectivity index (χ1v) is 7.78. The molecule has 0 N–H and O–H groups in total. The summed E-state index contributed by atoms with van der Waals surface area (Å²) < 4.78 is 10.4. The van der Waals surface area contributed by atoms with Gasteiger partial charge in [-0.25, -0.2) is 9.59 Å². The summed E-state index contributed by atoms with van der Waals surface area (Å²) in [5.74, 6) is 0.195. The minimum absolute atomic E-state index is 0.306. The Morgan fingerprint density at radius 2 is 2.00 bits per heavy atom. The second-order valence-corrected chi connectivity index (χ2v) is 5.51. The summed E-state index contributed by atoms with van der Waals surface area (Å²) in [5.41, 5.74) is 1.45. The Morgan fingerprint density at radius 3 is 2.71 bits per heavy atom. The Balaban J connectivity index is 2.13. The van der Waals surface area contributed by atoms with Crippen LogP contribution < -0.4 is 4.74 Å². The van der Waals surface area contributed by atoms with Crippen molar-refractivity contribution >= 4 is 12.1 Å². The lowest BCUT2D eigenvalue weighted by Gasteiger charge is -2.22. The molecular weight excluding hydrogens is 308 g/mol. The van der Waals surface area contributed by atoms with Crippen LogP contribution in [0.1, 0.15) is 18.9 Å². The van der Waals surface area contributed by atoms with Crippen molar-refractivity contribution in [2.75, 3.05) is 20.7 Å². The molecule has 1 heterocycles. The summed E-state index contributed by atoms with van der Waals surface area (Å²) in [5, 5.41) is 0. The number of amides is 1. The van der Waals surface area contributed by atoms with Crippen molar-refractivity contribution in [3.63, 3.8) is 0 Å². The SMILES string of the molecule is CCOC(=O)C1=CN(Cc2ccccc2OC(=O)N(C)C)C=CC1. The quantitative estimate of drug-likeness (QED) is 0.777. The molecule has 0 unspecified atom stereocenters. The normalized spacial score (nSPS) is 13.3. The van der Waals surface area contributed by atoms with Gasteiger partial charge in [0.25, 0.3) is 0 Å². The number of allylic oxidation sites excluding steroid dienone is 1. The molecule has 1 amide bonds. The fourth-order valence-electron chi connectivity index (χ4n) is 2.19. The molecule has 1 aromatic carbocycles. The summed E-state index contributed by atoms with van der Waals surface area (Å²) >= 11 is 0. The van der Waals surface area contributed by atoms with Crippen molar-refractivity contribution in [3.8, 4) is 5.75 Å². The van der Waals surface area contributed by atoms with E-state index in [-0.39, 0.29) is 5.97 Å². The van der Waals surface area contributed by atoms with E-state index in [1.807, 2.05) is 35.4 Å². The smallest absolute Gasteiger partial charge is 0.414 e. The summed E-state index contributed by atoms with van der Waals surface area (Å²) in [7, 11) is 3.26. The zero-order valence-electron chi connectivity index (χ0n) is 14.2. The lowest BCUT2D eigenvalue weighted by atomic mass is 10.1. The number of hydrogen-bond donors (Lipinski definition) is 0. The first kappa shape index (κ1) is 17.6. The zero-order chi connectivity index (χ0) is 17.5. The molecular formula is C18H22N2O4. The summed E-state index contributed by atoms with van der Waals surface area (Å²) in [6.07, 6.45) is 5.68. The van der Waals surface area contributed by atoms with Crippen LogP contribution in [0.2, 0.25) is 0 Å². The Bertz CT molecular complexity index is 665. The van der Waals surface area contributed by atoms with Crippen molar-refractivity contribution in [3.05, 3.63) is 53.9 Å². The van der Waals surface area contributed by atoms with Gasteiger partial charge in [0.15, 0.2) is 0 Å². The molecule has 0 saturated heterocycles. The van der Waals surface area contributed by atoms with E-state index in [4.69, 9.17) is 9.47 Å². The molecule has 0 atom stereocenters. The molecule has 0 aliphatic carbocycles. The third-order valence-corrected chi connectivity index (χ3v) is 3.38. The number of para-hydroxylation sites is 1. The van der Waals surface area contributed by atoms with Gasteiger partial charge in [-0.3, -0.25) is 0 Å². The third kappa shape index (κ3) is 4.62. The lowest BCUT2D eigenvalue weighted by Crippen LogP contribution is -2.26. The summed E-state index contributed by atoms with van der Waals surface area (Å²) in [6, 6.07) is 7.33. The maximum absolute atomic E-state index is 11.9. The zero-order valence-corrected chi connectivity index (χ0v) is 14.2. The molecule has 0 bridgehead atoms. The van der Waals surface area contributed by atoms with Gasteiger partial charge >= 0.3 is 12.1 Å². The number of hydrogen-bond acceptors (Lipinski definition) is 5. The van der Waals surface area contributed by atoms with Gasteiger partial charge in [-0.05, 0) is 13.0 Å². The van der Waals surface area contributed by atoms with E-state index in [0.29, 0.717) is 30.9 Å². The number of carbonyl (C=O) groups excluding carboxylic acids is 2. The number of nitrogens with zero attached hydrogens (tertiary/aromatic N) is 2. The molecule has 0 radical (unpaired) electrons. The molecule has 2 rings (SSSR count). The van der Waals surface area contributed by atoms with Gasteiger partial charge < -0.3 is 19.3 Å². The molecule has 0 spiro atoms. The van der Waals surface area contributed by atoms with Crippen LogP contribution in [-0.2, 0) is 16.1 Å². The lowest BCUT2D eigenvalue weighted by molar-refractivity contribution is -0.138. The molecule has 24 heavy (non-hydrogen) atoms. The van der Waals surface area contributed by atoms with Gasteiger partial charge in [0, 0.05) is 38.5 Å². The highest BCUT2D eigenvalue weighted by Crippen LogP contribution is 2.23. The molecule has 1 aliphatic rings. The van der Waals surface area contributed by atoms with Crippen molar-refractivity contribution in [1.29, 1.82) is 0 Å². The van der Waals surface area contributed by atoms with Crippen LogP contribution in [0.15, 0.2) is 48.3 Å². The van der Waals surface area contributed by atoms with Crippen molar-refractivity contribution in [2.45, 2.75) is 19.9 Å². The number of carbonyl (C=O) groups is 2. The predicted molar refractivity (Wildman–Crippen MR) is 90.2 cm³/mol. The molecule has 128 valence electrons. The Hall–Kier alpha value is -2.76. The van der Waals surface area contributed by atoms with Gasteiger partial charge in [0.05, 0.1) is 18.7 Å². The predicted octanol–water partition coefficient (Wildman–Crippen LogP) is 2.91. The number of benzene rings is 1. The maximum atomic E-state index is 11.9. The van der Waals surface area contributed by atoms with Crippen molar-refractivity contribution < 1.29 is 19.1 Å². The average molecular weight is 330 g/mol. The first-order chi connectivity index (χ1) is 11.5. The van der Waals surface area contributed by atoms with Gasteiger partial charge in [-0.2, -0.15) is 0 Å². The minimum Gasteiger partial charge on any atom is -0.463 e. The summed E-state index contributed by atoms with van der Waals surface area (Å²) in [6.45, 7) is 2.61. The van der Waals surface area contributed by atoms with E-state index in [1.54, 1.807) is 33.3 Å². The highest BCUT2D eigenvalue weighted by molar-refractivity contribution is 5.88. The molecule has 6 heteroatoms. The fourth-order valence-corrected chi connectivity index (χ4v) is 2.19. The van der Waals surface area contributed by atoms with Gasteiger partial charge in [0.2, 0.25) is 0 Å².